The van der Waals surface area contributed by atoms with Gasteiger partial charge in [-0.2, -0.15) is 0 Å². The molecule has 0 saturated heterocycles. The van der Waals surface area contributed by atoms with Crippen molar-refractivity contribution in [2.24, 2.45) is 11.8 Å². The lowest BCUT2D eigenvalue weighted by atomic mass is 9.79. The van der Waals surface area contributed by atoms with E-state index in [9.17, 15) is 4.79 Å². The second-order valence-electron chi connectivity index (χ2n) is 8.06. The van der Waals surface area contributed by atoms with Gasteiger partial charge in [-0.1, -0.05) is 6.07 Å². The minimum Gasteiger partial charge on any atom is -0.493 e. The zero-order valence-corrected chi connectivity index (χ0v) is 16.8. The van der Waals surface area contributed by atoms with Crippen molar-refractivity contribution in [1.29, 1.82) is 0 Å². The summed E-state index contributed by atoms with van der Waals surface area (Å²) in [6.45, 7) is 2.62. The summed E-state index contributed by atoms with van der Waals surface area (Å²) in [5.74, 6) is 2.01. The molecular weight excluding hydrogens is 362 g/mol. The molecule has 2 aromatic heterocycles. The first kappa shape index (κ1) is 19.4. The molecule has 2 N–H and O–H groups in total. The van der Waals surface area contributed by atoms with Gasteiger partial charge in [-0.25, -0.2) is 0 Å². The minimum absolute atomic E-state index is 0.223. The molecule has 1 aromatic carbocycles. The first-order valence-corrected chi connectivity index (χ1v) is 10.3. The summed E-state index contributed by atoms with van der Waals surface area (Å²) in [6, 6.07) is 11.4. The van der Waals surface area contributed by atoms with Gasteiger partial charge in [0, 0.05) is 35.8 Å². The topological polar surface area (TPSA) is 78.1 Å². The number of nitrogens with zero attached hydrogens (tertiary/aromatic N) is 2. The van der Waals surface area contributed by atoms with E-state index >= 15 is 0 Å². The molecule has 1 aliphatic carbocycles. The summed E-state index contributed by atoms with van der Waals surface area (Å²) in [7, 11) is 0. The number of Topliss-reactive ketones (excluding diaryl/α,β-unsaturated/α-hetero) is 1. The highest BCUT2D eigenvalue weighted by Crippen LogP contribution is 2.34. The van der Waals surface area contributed by atoms with Crippen LogP contribution in [-0.2, 0) is 0 Å². The maximum Gasteiger partial charge on any atom is 0.163 e. The standard InChI is InChI=1S/C24H27N3O2/c1-16-13-20(25)24-21(27-16)3-2-4-23(24)29-15-18-7-5-17(6-8-18)14-22(28)19-9-11-26-12-10-19/h2-4,9-13,17-18H,5-8,14-15H2,1H3,(H2,25,27). The molecule has 3 aromatic rings. The largest absolute Gasteiger partial charge is 0.493 e. The van der Waals surface area contributed by atoms with E-state index in [1.165, 1.54) is 0 Å². The molecule has 29 heavy (non-hydrogen) atoms. The third kappa shape index (κ3) is 4.56. The van der Waals surface area contributed by atoms with Crippen LogP contribution in [0.2, 0.25) is 0 Å². The van der Waals surface area contributed by atoms with Crippen LogP contribution in [0.4, 0.5) is 5.69 Å². The van der Waals surface area contributed by atoms with Crippen molar-refractivity contribution in [3.8, 4) is 5.75 Å². The number of nitrogen functional groups attached to an aromatic ring is 1. The Hall–Kier alpha value is -2.95. The third-order valence-electron chi connectivity index (χ3n) is 5.87. The van der Waals surface area contributed by atoms with Gasteiger partial charge in [-0.3, -0.25) is 14.8 Å². The van der Waals surface area contributed by atoms with Crippen molar-refractivity contribution in [2.45, 2.75) is 39.0 Å². The van der Waals surface area contributed by atoms with Gasteiger partial charge >= 0.3 is 0 Å². The monoisotopic (exact) mass is 389 g/mol. The molecule has 0 atom stereocenters. The number of nitrogens with two attached hydrogens (primary N) is 1. The second kappa shape index (κ2) is 8.60. The number of aryl methyl sites for hydroxylation is 1. The number of aromatic nitrogens is 2. The lowest BCUT2D eigenvalue weighted by Gasteiger charge is -2.28. The molecule has 0 unspecified atom stereocenters. The van der Waals surface area contributed by atoms with Crippen LogP contribution in [0.25, 0.3) is 10.9 Å². The number of anilines is 1. The fourth-order valence-electron chi connectivity index (χ4n) is 4.27. The van der Waals surface area contributed by atoms with E-state index in [1.807, 2.05) is 31.2 Å². The quantitative estimate of drug-likeness (QED) is 0.602. The lowest BCUT2D eigenvalue weighted by molar-refractivity contribution is 0.0935. The summed E-state index contributed by atoms with van der Waals surface area (Å²) in [5, 5.41) is 0.898. The molecule has 1 fully saturated rings. The van der Waals surface area contributed by atoms with Gasteiger partial charge in [0.25, 0.3) is 0 Å². The molecule has 0 spiro atoms. The number of carbonyl (C=O) groups is 1. The van der Waals surface area contributed by atoms with Gasteiger partial charge in [-0.05, 0) is 74.8 Å². The van der Waals surface area contributed by atoms with Gasteiger partial charge in [0.05, 0.1) is 17.5 Å². The fraction of sp³-hybridized carbons (Fsp3) is 0.375. The van der Waals surface area contributed by atoms with Crippen LogP contribution in [0.3, 0.4) is 0 Å². The molecule has 0 bridgehead atoms. The lowest BCUT2D eigenvalue weighted by Crippen LogP contribution is -2.22. The Bertz CT molecular complexity index is 996. The SMILES string of the molecule is Cc1cc(N)c2c(OCC3CCC(CC(=O)c4ccncc4)CC3)cccc2n1. The molecular formula is C24H27N3O2. The van der Waals surface area contributed by atoms with Crippen molar-refractivity contribution < 1.29 is 9.53 Å². The summed E-state index contributed by atoms with van der Waals surface area (Å²) in [4.78, 5) is 21.0. The highest BCUT2D eigenvalue weighted by Gasteiger charge is 2.24. The van der Waals surface area contributed by atoms with Gasteiger partial charge in [-0.15, -0.1) is 0 Å². The third-order valence-corrected chi connectivity index (χ3v) is 5.87. The molecule has 0 aliphatic heterocycles. The minimum atomic E-state index is 0.223. The predicted molar refractivity (Wildman–Crippen MR) is 115 cm³/mol. The molecule has 5 nitrogen and oxygen atoms in total. The normalized spacial score (nSPS) is 19.2. The predicted octanol–water partition coefficient (Wildman–Crippen LogP) is 4.98. The fourth-order valence-corrected chi connectivity index (χ4v) is 4.27. The van der Waals surface area contributed by atoms with Crippen LogP contribution in [0, 0.1) is 18.8 Å². The Labute approximate surface area is 171 Å². The van der Waals surface area contributed by atoms with Gasteiger partial charge < -0.3 is 10.5 Å². The van der Waals surface area contributed by atoms with Crippen LogP contribution in [0.15, 0.2) is 48.8 Å². The average molecular weight is 389 g/mol. The van der Waals surface area contributed by atoms with Crippen molar-refractivity contribution in [2.75, 3.05) is 12.3 Å². The Morgan fingerprint density at radius 3 is 2.59 bits per heavy atom. The van der Waals surface area contributed by atoms with E-state index in [0.717, 1.165) is 53.6 Å². The number of pyridine rings is 2. The molecule has 1 saturated carbocycles. The molecule has 0 amide bonds. The Balaban J connectivity index is 1.32. The van der Waals surface area contributed by atoms with E-state index < -0.39 is 0 Å². The van der Waals surface area contributed by atoms with E-state index in [0.29, 0.717) is 30.6 Å². The Kier molecular flexibility index (Phi) is 5.74. The summed E-state index contributed by atoms with van der Waals surface area (Å²) >= 11 is 0. The summed E-state index contributed by atoms with van der Waals surface area (Å²) in [5.41, 5.74) is 9.48. The average Bonchev–Trinajstić information content (AvgIpc) is 2.73. The van der Waals surface area contributed by atoms with Crippen LogP contribution >= 0.6 is 0 Å². The number of carbonyl (C=O) groups excluding carboxylic acids is 1. The number of ketones is 1. The van der Waals surface area contributed by atoms with E-state index in [2.05, 4.69) is 9.97 Å². The first-order valence-electron chi connectivity index (χ1n) is 10.3. The Morgan fingerprint density at radius 2 is 1.83 bits per heavy atom. The second-order valence-corrected chi connectivity index (χ2v) is 8.06. The maximum atomic E-state index is 12.4. The number of hydrogen-bond acceptors (Lipinski definition) is 5. The maximum absolute atomic E-state index is 12.4. The molecule has 5 heteroatoms. The van der Waals surface area contributed by atoms with Crippen molar-refractivity contribution in [1.82, 2.24) is 9.97 Å². The number of rotatable bonds is 6. The molecule has 4 rings (SSSR count). The summed E-state index contributed by atoms with van der Waals surface area (Å²) in [6.07, 6.45) is 8.31. The Morgan fingerprint density at radius 1 is 1.10 bits per heavy atom. The highest BCUT2D eigenvalue weighted by atomic mass is 16.5. The van der Waals surface area contributed by atoms with Crippen molar-refractivity contribution in [3.05, 3.63) is 60.0 Å². The van der Waals surface area contributed by atoms with Crippen molar-refractivity contribution >= 4 is 22.4 Å². The first-order chi connectivity index (χ1) is 14.1. The van der Waals surface area contributed by atoms with Crippen LogP contribution in [-0.4, -0.2) is 22.4 Å². The van der Waals surface area contributed by atoms with Gasteiger partial charge in [0.1, 0.15) is 5.75 Å². The van der Waals surface area contributed by atoms with E-state index in [-0.39, 0.29) is 5.78 Å². The van der Waals surface area contributed by atoms with Gasteiger partial charge in [0.2, 0.25) is 0 Å². The van der Waals surface area contributed by atoms with E-state index in [1.54, 1.807) is 24.5 Å². The van der Waals surface area contributed by atoms with Gasteiger partial charge in [0.15, 0.2) is 5.78 Å². The molecule has 1 aliphatic rings. The molecule has 0 radical (unpaired) electrons. The van der Waals surface area contributed by atoms with Crippen LogP contribution in [0.1, 0.15) is 48.2 Å². The summed E-state index contributed by atoms with van der Waals surface area (Å²) < 4.78 is 6.17. The molecule has 150 valence electrons. The van der Waals surface area contributed by atoms with Crippen LogP contribution < -0.4 is 10.5 Å². The number of ether oxygens (including phenoxy) is 1. The van der Waals surface area contributed by atoms with Crippen LogP contribution in [0.5, 0.6) is 5.75 Å². The smallest absolute Gasteiger partial charge is 0.163 e. The zero-order valence-electron chi connectivity index (χ0n) is 16.8. The number of hydrogen-bond donors (Lipinski definition) is 1. The zero-order chi connectivity index (χ0) is 20.2. The number of fused-ring (bicyclic) bond motifs is 1. The molecule has 2 heterocycles. The van der Waals surface area contributed by atoms with E-state index in [4.69, 9.17) is 10.5 Å². The highest BCUT2D eigenvalue weighted by molar-refractivity contribution is 5.96. The number of benzene rings is 1. The van der Waals surface area contributed by atoms with Crippen molar-refractivity contribution in [3.63, 3.8) is 0 Å².